The highest BCUT2D eigenvalue weighted by atomic mass is 19.1. The maximum absolute atomic E-state index is 13.4. The van der Waals surface area contributed by atoms with Gasteiger partial charge in [-0.15, -0.1) is 0 Å². The third kappa shape index (κ3) is 4.89. The van der Waals surface area contributed by atoms with Crippen LogP contribution in [0.4, 0.5) is 4.39 Å². The summed E-state index contributed by atoms with van der Waals surface area (Å²) in [4.78, 5) is 26.8. The highest BCUT2D eigenvalue weighted by Crippen LogP contribution is 2.30. The minimum absolute atomic E-state index is 0.0430. The summed E-state index contributed by atoms with van der Waals surface area (Å²) in [6.07, 6.45) is 3.40. The maximum Gasteiger partial charge on any atom is 0.358 e. The number of piperidine rings is 1. The van der Waals surface area contributed by atoms with E-state index in [-0.39, 0.29) is 36.0 Å². The van der Waals surface area contributed by atoms with Crippen molar-refractivity contribution in [3.8, 4) is 11.3 Å². The van der Waals surface area contributed by atoms with Gasteiger partial charge in [0.05, 0.1) is 18.3 Å². The molecule has 1 aromatic carbocycles. The minimum Gasteiger partial charge on any atom is -0.461 e. The summed E-state index contributed by atoms with van der Waals surface area (Å²) in [6.45, 7) is 7.43. The van der Waals surface area contributed by atoms with Crippen LogP contribution < -0.4 is 0 Å². The molecule has 1 amide bonds. The topological polar surface area (TPSA) is 64.4 Å². The van der Waals surface area contributed by atoms with Gasteiger partial charge in [-0.05, 0) is 56.5 Å². The summed E-state index contributed by atoms with van der Waals surface area (Å²) in [5, 5.41) is 4.53. The number of hydrogen-bond donors (Lipinski definition) is 0. The van der Waals surface area contributed by atoms with Crippen molar-refractivity contribution >= 4 is 11.9 Å². The first-order valence-electron chi connectivity index (χ1n) is 10.8. The van der Waals surface area contributed by atoms with Crippen LogP contribution in [0.15, 0.2) is 30.3 Å². The van der Waals surface area contributed by atoms with Crippen molar-refractivity contribution in [2.24, 2.45) is 5.92 Å². The van der Waals surface area contributed by atoms with Gasteiger partial charge < -0.3 is 9.64 Å². The summed E-state index contributed by atoms with van der Waals surface area (Å²) in [5.41, 5.74) is 1.78. The molecule has 1 saturated heterocycles. The second kappa shape index (κ2) is 9.87. The molecule has 3 rings (SSSR count). The second-order valence-corrected chi connectivity index (χ2v) is 7.83. The molecule has 0 unspecified atom stereocenters. The summed E-state index contributed by atoms with van der Waals surface area (Å²) in [5.74, 6) is -0.535. The van der Waals surface area contributed by atoms with Crippen molar-refractivity contribution in [2.45, 2.75) is 52.5 Å². The van der Waals surface area contributed by atoms with Gasteiger partial charge in [0, 0.05) is 24.6 Å². The molecule has 1 aliphatic rings. The predicted molar refractivity (Wildman–Crippen MR) is 113 cm³/mol. The molecule has 30 heavy (non-hydrogen) atoms. The molecule has 7 heteroatoms. The predicted octanol–water partition coefficient (Wildman–Crippen LogP) is 4.47. The van der Waals surface area contributed by atoms with E-state index >= 15 is 0 Å². The number of halogens is 1. The van der Waals surface area contributed by atoms with E-state index in [0.29, 0.717) is 13.1 Å². The number of esters is 1. The summed E-state index contributed by atoms with van der Waals surface area (Å²) < 4.78 is 20.3. The van der Waals surface area contributed by atoms with Crippen molar-refractivity contribution in [3.63, 3.8) is 0 Å². The van der Waals surface area contributed by atoms with Crippen molar-refractivity contribution < 1.29 is 18.7 Å². The number of nitrogens with zero attached hydrogens (tertiary/aromatic N) is 3. The van der Waals surface area contributed by atoms with Gasteiger partial charge in [0.1, 0.15) is 5.82 Å². The van der Waals surface area contributed by atoms with E-state index in [9.17, 15) is 14.0 Å². The Morgan fingerprint density at radius 1 is 1.20 bits per heavy atom. The number of amides is 1. The number of carbonyl (C=O) groups is 2. The van der Waals surface area contributed by atoms with Gasteiger partial charge >= 0.3 is 5.97 Å². The maximum atomic E-state index is 13.4. The lowest BCUT2D eigenvalue weighted by Gasteiger charge is -2.34. The normalized spacial score (nSPS) is 15.8. The highest BCUT2D eigenvalue weighted by molar-refractivity contribution is 5.88. The molecule has 1 aromatic heterocycles. The van der Waals surface area contributed by atoms with Crippen molar-refractivity contribution in [1.82, 2.24) is 14.7 Å². The third-order valence-corrected chi connectivity index (χ3v) is 5.63. The molecule has 0 saturated carbocycles. The minimum atomic E-state index is -0.472. The van der Waals surface area contributed by atoms with E-state index < -0.39 is 5.97 Å². The van der Waals surface area contributed by atoms with Gasteiger partial charge in [-0.25, -0.2) is 9.18 Å². The molecule has 0 aliphatic carbocycles. The first-order valence-corrected chi connectivity index (χ1v) is 10.8. The van der Waals surface area contributed by atoms with E-state index in [1.165, 1.54) is 12.1 Å². The smallest absolute Gasteiger partial charge is 0.358 e. The first-order chi connectivity index (χ1) is 14.4. The number of aromatic nitrogens is 2. The van der Waals surface area contributed by atoms with E-state index in [1.807, 2.05) is 16.5 Å². The molecular weight excluding hydrogens is 385 g/mol. The van der Waals surface area contributed by atoms with Crippen LogP contribution in [0.3, 0.4) is 0 Å². The van der Waals surface area contributed by atoms with Crippen LogP contribution in [0.2, 0.25) is 0 Å². The van der Waals surface area contributed by atoms with Crippen LogP contribution in [0.1, 0.15) is 63.0 Å². The standard InChI is InChI=1S/C23H30FN3O3/c1-4-6-16(3)22(28)26-13-11-19(12-14-26)27-21(17-7-9-18(24)10-8-17)15-20(25-27)23(29)30-5-2/h7-10,15-16,19H,4-6,11-14H2,1-3H3/t16-/m0/s1. The fourth-order valence-corrected chi connectivity index (χ4v) is 4.01. The van der Waals surface area contributed by atoms with Crippen LogP contribution in [-0.2, 0) is 9.53 Å². The lowest BCUT2D eigenvalue weighted by molar-refractivity contribution is -0.136. The molecule has 2 aromatic rings. The third-order valence-electron chi connectivity index (χ3n) is 5.63. The lowest BCUT2D eigenvalue weighted by Crippen LogP contribution is -2.41. The molecule has 0 N–H and O–H groups in total. The van der Waals surface area contributed by atoms with Gasteiger partial charge in [0.2, 0.25) is 5.91 Å². The van der Waals surface area contributed by atoms with E-state index in [2.05, 4.69) is 12.0 Å². The van der Waals surface area contributed by atoms with E-state index in [4.69, 9.17) is 4.74 Å². The fraction of sp³-hybridized carbons (Fsp3) is 0.522. The number of likely N-dealkylation sites (tertiary alicyclic amines) is 1. The second-order valence-electron chi connectivity index (χ2n) is 7.83. The molecule has 0 spiro atoms. The monoisotopic (exact) mass is 415 g/mol. The lowest BCUT2D eigenvalue weighted by atomic mass is 10.00. The quantitative estimate of drug-likeness (QED) is 0.626. The van der Waals surface area contributed by atoms with Gasteiger partial charge in [-0.1, -0.05) is 20.3 Å². The van der Waals surface area contributed by atoms with E-state index in [1.54, 1.807) is 25.1 Å². The Hall–Kier alpha value is -2.70. The molecule has 6 nitrogen and oxygen atoms in total. The van der Waals surface area contributed by atoms with Crippen LogP contribution in [0.5, 0.6) is 0 Å². The number of carbonyl (C=O) groups excluding carboxylic acids is 2. The Kier molecular flexibility index (Phi) is 7.24. The molecule has 0 bridgehead atoms. The SMILES string of the molecule is CCC[C@H](C)C(=O)N1CCC(n2nc(C(=O)OCC)cc2-c2ccc(F)cc2)CC1. The van der Waals surface area contributed by atoms with Crippen LogP contribution >= 0.6 is 0 Å². The Labute approximate surface area is 177 Å². The van der Waals surface area contributed by atoms with Crippen molar-refractivity contribution in [1.29, 1.82) is 0 Å². The average molecular weight is 416 g/mol. The molecule has 0 radical (unpaired) electrons. The van der Waals surface area contributed by atoms with Gasteiger partial charge in [-0.3, -0.25) is 9.48 Å². The number of benzene rings is 1. The zero-order valence-electron chi connectivity index (χ0n) is 17.9. The Bertz CT molecular complexity index is 870. The summed E-state index contributed by atoms with van der Waals surface area (Å²) >= 11 is 0. The molecule has 1 aliphatic heterocycles. The molecule has 2 heterocycles. The van der Waals surface area contributed by atoms with E-state index in [0.717, 1.165) is 36.9 Å². The van der Waals surface area contributed by atoms with Crippen molar-refractivity contribution in [3.05, 3.63) is 41.8 Å². The zero-order chi connectivity index (χ0) is 21.7. The zero-order valence-corrected chi connectivity index (χ0v) is 17.9. The highest BCUT2D eigenvalue weighted by Gasteiger charge is 2.29. The Morgan fingerprint density at radius 2 is 1.87 bits per heavy atom. The first kappa shape index (κ1) is 22.0. The number of ether oxygens (including phenoxy) is 1. The molecule has 1 atom stereocenters. The fourth-order valence-electron chi connectivity index (χ4n) is 4.01. The Balaban J connectivity index is 1.82. The number of rotatable bonds is 7. The van der Waals surface area contributed by atoms with Crippen LogP contribution in [-0.4, -0.2) is 46.3 Å². The largest absolute Gasteiger partial charge is 0.461 e. The van der Waals surface area contributed by atoms with Crippen LogP contribution in [0.25, 0.3) is 11.3 Å². The average Bonchev–Trinajstić information content (AvgIpc) is 3.20. The van der Waals surface area contributed by atoms with Crippen molar-refractivity contribution in [2.75, 3.05) is 19.7 Å². The summed E-state index contributed by atoms with van der Waals surface area (Å²) in [6, 6.07) is 7.91. The molecule has 1 fully saturated rings. The van der Waals surface area contributed by atoms with Gasteiger partial charge in [0.25, 0.3) is 0 Å². The molecular formula is C23H30FN3O3. The Morgan fingerprint density at radius 3 is 2.47 bits per heavy atom. The van der Waals surface area contributed by atoms with Crippen LogP contribution in [0, 0.1) is 11.7 Å². The molecule has 162 valence electrons. The summed E-state index contributed by atoms with van der Waals surface area (Å²) in [7, 11) is 0. The van der Waals surface area contributed by atoms with Gasteiger partial charge in [-0.2, -0.15) is 5.10 Å². The number of hydrogen-bond acceptors (Lipinski definition) is 4. The van der Waals surface area contributed by atoms with Gasteiger partial charge in [0.15, 0.2) is 5.69 Å².